The molecular weight excluding hydrogens is 312 g/mol. The van der Waals surface area contributed by atoms with Crippen LogP contribution in [0.3, 0.4) is 0 Å². The Kier molecular flexibility index (Phi) is 8.48. The second kappa shape index (κ2) is 10.1. The monoisotopic (exact) mass is 338 g/mol. The van der Waals surface area contributed by atoms with Crippen molar-refractivity contribution in [3.8, 4) is 0 Å². The molecule has 0 saturated carbocycles. The van der Waals surface area contributed by atoms with Crippen LogP contribution in [-0.2, 0) is 11.3 Å². The Hall–Kier alpha value is -1.75. The maximum atomic E-state index is 12.2. The number of likely N-dealkylation sites (N-methyl/N-ethyl adjacent to an activating group) is 2. The zero-order valence-electron chi connectivity index (χ0n) is 14.5. The number of guanidine groups is 1. The number of hydrogen-bond acceptors (Lipinski definition) is 2. The molecule has 0 aliphatic heterocycles. The van der Waals surface area contributed by atoms with E-state index in [-0.39, 0.29) is 5.91 Å². The number of carbonyl (C=O) groups excluding carboxylic acids is 1. The lowest BCUT2D eigenvalue weighted by atomic mass is 10.2. The molecule has 6 heteroatoms. The fourth-order valence-corrected chi connectivity index (χ4v) is 2.41. The summed E-state index contributed by atoms with van der Waals surface area (Å²) in [7, 11) is 1.87. The molecule has 0 aliphatic rings. The Morgan fingerprint density at radius 2 is 1.87 bits per heavy atom. The molecule has 1 rings (SSSR count). The summed E-state index contributed by atoms with van der Waals surface area (Å²) >= 11 is 6.16. The summed E-state index contributed by atoms with van der Waals surface area (Å²) in [4.78, 5) is 20.5. The maximum Gasteiger partial charge on any atom is 0.242 e. The van der Waals surface area contributed by atoms with Gasteiger partial charge in [0, 0.05) is 31.7 Å². The number of carbonyl (C=O) groups is 1. The summed E-state index contributed by atoms with van der Waals surface area (Å²) in [6.45, 7) is 8.93. The van der Waals surface area contributed by atoms with Crippen molar-refractivity contribution in [3.63, 3.8) is 0 Å². The van der Waals surface area contributed by atoms with Gasteiger partial charge in [0.2, 0.25) is 5.91 Å². The molecule has 0 fully saturated rings. The lowest BCUT2D eigenvalue weighted by Crippen LogP contribution is -2.45. The Morgan fingerprint density at radius 3 is 2.43 bits per heavy atom. The van der Waals surface area contributed by atoms with Crippen LogP contribution in [0.15, 0.2) is 29.3 Å². The highest BCUT2D eigenvalue weighted by molar-refractivity contribution is 6.31. The van der Waals surface area contributed by atoms with E-state index in [1.54, 1.807) is 0 Å². The second-order valence-corrected chi connectivity index (χ2v) is 5.59. The van der Waals surface area contributed by atoms with Crippen molar-refractivity contribution < 1.29 is 4.79 Å². The molecule has 0 unspecified atom stereocenters. The van der Waals surface area contributed by atoms with Gasteiger partial charge in [-0.1, -0.05) is 29.8 Å². The molecule has 23 heavy (non-hydrogen) atoms. The number of amides is 1. The van der Waals surface area contributed by atoms with Gasteiger partial charge >= 0.3 is 0 Å². The van der Waals surface area contributed by atoms with E-state index in [1.165, 1.54) is 0 Å². The fraction of sp³-hybridized carbons (Fsp3) is 0.529. The summed E-state index contributed by atoms with van der Waals surface area (Å²) in [6.07, 6.45) is 0. The van der Waals surface area contributed by atoms with Crippen LogP contribution in [0.1, 0.15) is 26.3 Å². The number of nitrogens with zero attached hydrogens (tertiary/aromatic N) is 3. The second-order valence-electron chi connectivity index (χ2n) is 5.18. The van der Waals surface area contributed by atoms with Gasteiger partial charge < -0.3 is 15.1 Å². The van der Waals surface area contributed by atoms with Gasteiger partial charge in [0.05, 0.1) is 13.1 Å². The zero-order chi connectivity index (χ0) is 17.2. The molecule has 1 aromatic rings. The standard InChI is InChI=1S/C17H27ClN4O/c1-5-19-17(20-12-14-10-8-9-11-15(14)18)21(4)13-16(23)22(6-2)7-3/h8-11H,5-7,12-13H2,1-4H3,(H,19,20). The molecule has 5 nitrogen and oxygen atoms in total. The average Bonchev–Trinajstić information content (AvgIpc) is 2.53. The highest BCUT2D eigenvalue weighted by atomic mass is 35.5. The van der Waals surface area contributed by atoms with Gasteiger partial charge in [-0.05, 0) is 32.4 Å². The first-order chi connectivity index (χ1) is 11.0. The topological polar surface area (TPSA) is 47.9 Å². The lowest BCUT2D eigenvalue weighted by molar-refractivity contribution is -0.131. The van der Waals surface area contributed by atoms with Crippen molar-refractivity contribution in [1.82, 2.24) is 15.1 Å². The van der Waals surface area contributed by atoms with Crippen LogP contribution in [0.4, 0.5) is 0 Å². The first kappa shape index (κ1) is 19.3. The summed E-state index contributed by atoms with van der Waals surface area (Å²) < 4.78 is 0. The number of nitrogens with one attached hydrogen (secondary N) is 1. The molecule has 1 N–H and O–H groups in total. The summed E-state index contributed by atoms with van der Waals surface area (Å²) in [5.41, 5.74) is 0.966. The minimum absolute atomic E-state index is 0.0980. The van der Waals surface area contributed by atoms with E-state index in [2.05, 4.69) is 10.3 Å². The van der Waals surface area contributed by atoms with Gasteiger partial charge in [-0.25, -0.2) is 4.99 Å². The third-order valence-corrected chi connectivity index (χ3v) is 3.91. The summed E-state index contributed by atoms with van der Waals surface area (Å²) in [5, 5.41) is 3.92. The van der Waals surface area contributed by atoms with Crippen molar-refractivity contribution >= 4 is 23.5 Å². The number of halogens is 1. The van der Waals surface area contributed by atoms with Gasteiger partial charge in [0.25, 0.3) is 0 Å². The van der Waals surface area contributed by atoms with Crippen LogP contribution < -0.4 is 5.32 Å². The maximum absolute atomic E-state index is 12.2. The van der Waals surface area contributed by atoms with Crippen molar-refractivity contribution in [1.29, 1.82) is 0 Å². The molecule has 0 bridgehead atoms. The van der Waals surface area contributed by atoms with Gasteiger partial charge in [-0.15, -0.1) is 0 Å². The molecule has 0 radical (unpaired) electrons. The molecule has 0 atom stereocenters. The number of hydrogen-bond donors (Lipinski definition) is 1. The largest absolute Gasteiger partial charge is 0.357 e. The molecule has 0 aliphatic carbocycles. The minimum atomic E-state index is 0.0980. The minimum Gasteiger partial charge on any atom is -0.357 e. The molecular formula is C17H27ClN4O. The van der Waals surface area contributed by atoms with Crippen LogP contribution in [0.2, 0.25) is 5.02 Å². The van der Waals surface area contributed by atoms with E-state index in [0.717, 1.165) is 25.2 Å². The predicted octanol–water partition coefficient (Wildman–Crippen LogP) is 2.61. The Labute approximate surface area is 144 Å². The van der Waals surface area contributed by atoms with E-state index >= 15 is 0 Å². The van der Waals surface area contributed by atoms with Gasteiger partial charge in [0.1, 0.15) is 0 Å². The van der Waals surface area contributed by atoms with Gasteiger partial charge in [-0.3, -0.25) is 4.79 Å². The van der Waals surface area contributed by atoms with Gasteiger partial charge in [0.15, 0.2) is 5.96 Å². The molecule has 0 saturated heterocycles. The lowest BCUT2D eigenvalue weighted by Gasteiger charge is -2.25. The molecule has 1 aromatic carbocycles. The normalized spacial score (nSPS) is 11.3. The molecule has 0 spiro atoms. The Balaban J connectivity index is 2.78. The number of rotatable bonds is 7. The fourth-order valence-electron chi connectivity index (χ4n) is 2.21. The summed E-state index contributed by atoms with van der Waals surface area (Å²) in [5.74, 6) is 0.800. The van der Waals surface area contributed by atoms with Crippen molar-refractivity contribution in [2.24, 2.45) is 4.99 Å². The Bertz CT molecular complexity index is 529. The number of benzene rings is 1. The van der Waals surface area contributed by atoms with Crippen LogP contribution in [0, 0.1) is 0 Å². The predicted molar refractivity (Wildman–Crippen MR) is 96.8 cm³/mol. The first-order valence-electron chi connectivity index (χ1n) is 8.04. The number of aliphatic imine (C=N–C) groups is 1. The molecule has 0 aromatic heterocycles. The van der Waals surface area contributed by atoms with E-state index in [9.17, 15) is 4.79 Å². The first-order valence-corrected chi connectivity index (χ1v) is 8.41. The molecule has 1 amide bonds. The zero-order valence-corrected chi connectivity index (χ0v) is 15.2. The third kappa shape index (κ3) is 6.10. The van der Waals surface area contributed by atoms with Crippen molar-refractivity contribution in [2.75, 3.05) is 33.2 Å². The van der Waals surface area contributed by atoms with E-state index in [4.69, 9.17) is 11.6 Å². The SMILES string of the molecule is CCNC(=NCc1ccccc1Cl)N(C)CC(=O)N(CC)CC. The van der Waals surface area contributed by atoms with E-state index in [0.29, 0.717) is 24.1 Å². The van der Waals surface area contributed by atoms with Crippen LogP contribution in [0.25, 0.3) is 0 Å². The van der Waals surface area contributed by atoms with E-state index < -0.39 is 0 Å². The summed E-state index contributed by atoms with van der Waals surface area (Å²) in [6, 6.07) is 7.65. The third-order valence-electron chi connectivity index (χ3n) is 3.54. The Morgan fingerprint density at radius 1 is 1.22 bits per heavy atom. The van der Waals surface area contributed by atoms with Crippen LogP contribution in [-0.4, -0.2) is 54.9 Å². The van der Waals surface area contributed by atoms with Crippen molar-refractivity contribution in [2.45, 2.75) is 27.3 Å². The highest BCUT2D eigenvalue weighted by Crippen LogP contribution is 2.15. The van der Waals surface area contributed by atoms with Crippen LogP contribution >= 0.6 is 11.6 Å². The molecule has 128 valence electrons. The molecule has 0 heterocycles. The van der Waals surface area contributed by atoms with Gasteiger partial charge in [-0.2, -0.15) is 0 Å². The quantitative estimate of drug-likeness (QED) is 0.614. The highest BCUT2D eigenvalue weighted by Gasteiger charge is 2.15. The van der Waals surface area contributed by atoms with E-state index in [1.807, 2.05) is 61.9 Å². The average molecular weight is 339 g/mol. The van der Waals surface area contributed by atoms with Crippen LogP contribution in [0.5, 0.6) is 0 Å². The van der Waals surface area contributed by atoms with Crippen molar-refractivity contribution in [3.05, 3.63) is 34.9 Å². The smallest absolute Gasteiger partial charge is 0.242 e.